The van der Waals surface area contributed by atoms with Crippen molar-refractivity contribution in [2.24, 2.45) is 5.92 Å². The molecule has 0 bridgehead atoms. The van der Waals surface area contributed by atoms with Gasteiger partial charge in [0.1, 0.15) is 0 Å². The minimum Gasteiger partial charge on any atom is -0.493 e. The van der Waals surface area contributed by atoms with Crippen molar-refractivity contribution in [1.82, 2.24) is 4.90 Å². The van der Waals surface area contributed by atoms with Crippen LogP contribution in [0, 0.1) is 5.92 Å². The van der Waals surface area contributed by atoms with Crippen molar-refractivity contribution in [3.63, 3.8) is 0 Å². The Kier molecular flexibility index (Phi) is 3.74. The van der Waals surface area contributed by atoms with E-state index in [9.17, 15) is 0 Å². The van der Waals surface area contributed by atoms with Crippen LogP contribution in [0.15, 0.2) is 18.2 Å². The van der Waals surface area contributed by atoms with Gasteiger partial charge in [0.15, 0.2) is 11.5 Å². The second kappa shape index (κ2) is 5.27. The summed E-state index contributed by atoms with van der Waals surface area (Å²) in [4.78, 5) is 2.32. The molecule has 0 unspecified atom stereocenters. The highest BCUT2D eigenvalue weighted by atomic mass is 16.5. The van der Waals surface area contributed by atoms with Crippen LogP contribution in [-0.2, 0) is 0 Å². The zero-order valence-corrected chi connectivity index (χ0v) is 10.5. The molecule has 4 nitrogen and oxygen atoms in total. The molecule has 4 heteroatoms. The lowest BCUT2D eigenvalue weighted by atomic mass is 10.1. The predicted octanol–water partition coefficient (Wildman–Crippen LogP) is 1.61. The number of nitrogen functional groups attached to an aromatic ring is 1. The summed E-state index contributed by atoms with van der Waals surface area (Å²) < 4.78 is 11.1. The molecule has 0 aromatic heterocycles. The van der Waals surface area contributed by atoms with E-state index in [1.165, 1.54) is 6.42 Å². The summed E-state index contributed by atoms with van der Waals surface area (Å²) in [7, 11) is 3.78. The number of hydrogen-bond donors (Lipinski definition) is 1. The van der Waals surface area contributed by atoms with Gasteiger partial charge in [0.2, 0.25) is 0 Å². The summed E-state index contributed by atoms with van der Waals surface area (Å²) in [6.07, 6.45) is 1.20. The number of benzene rings is 1. The van der Waals surface area contributed by atoms with E-state index >= 15 is 0 Å². The quantitative estimate of drug-likeness (QED) is 0.807. The standard InChI is InChI=1S/C13H20N2O2/c1-15-6-5-10(8-15)9-17-13-7-11(14)3-4-12(13)16-2/h3-4,7,10H,5-6,8-9,14H2,1-2H3/t10-/m1/s1. The fourth-order valence-electron chi connectivity index (χ4n) is 2.18. The van der Waals surface area contributed by atoms with Gasteiger partial charge in [0.25, 0.3) is 0 Å². The number of nitrogens with zero attached hydrogens (tertiary/aromatic N) is 1. The Balaban J connectivity index is 1.96. The van der Waals surface area contributed by atoms with Crippen molar-refractivity contribution in [2.75, 3.05) is 39.6 Å². The first kappa shape index (κ1) is 12.0. The van der Waals surface area contributed by atoms with Crippen molar-refractivity contribution in [3.05, 3.63) is 18.2 Å². The number of likely N-dealkylation sites (tertiary alicyclic amines) is 1. The lowest BCUT2D eigenvalue weighted by Crippen LogP contribution is -2.18. The molecule has 0 saturated carbocycles. The Hall–Kier alpha value is -1.42. The molecule has 1 saturated heterocycles. The van der Waals surface area contributed by atoms with Gasteiger partial charge >= 0.3 is 0 Å². The number of ether oxygens (including phenoxy) is 2. The van der Waals surface area contributed by atoms with E-state index in [4.69, 9.17) is 15.2 Å². The molecule has 2 N–H and O–H groups in total. The van der Waals surface area contributed by atoms with Crippen LogP contribution in [0.25, 0.3) is 0 Å². The summed E-state index contributed by atoms with van der Waals surface area (Å²) in [5.74, 6) is 2.08. The van der Waals surface area contributed by atoms with E-state index in [-0.39, 0.29) is 0 Å². The van der Waals surface area contributed by atoms with Crippen LogP contribution in [0.3, 0.4) is 0 Å². The van der Waals surface area contributed by atoms with Crippen molar-refractivity contribution < 1.29 is 9.47 Å². The van der Waals surface area contributed by atoms with Crippen molar-refractivity contribution >= 4 is 5.69 Å². The zero-order chi connectivity index (χ0) is 12.3. The number of nitrogens with two attached hydrogens (primary N) is 1. The third-order valence-electron chi connectivity index (χ3n) is 3.15. The minimum absolute atomic E-state index is 0.603. The molecule has 94 valence electrons. The van der Waals surface area contributed by atoms with Crippen LogP contribution in [0.4, 0.5) is 5.69 Å². The molecule has 1 fully saturated rings. The SMILES string of the molecule is COc1ccc(N)cc1OC[C@@H]1CCN(C)C1. The molecule has 1 heterocycles. The Morgan fingerprint density at radius 1 is 1.41 bits per heavy atom. The number of methoxy groups -OCH3 is 1. The molecule has 1 aromatic rings. The molecule has 0 amide bonds. The molecular formula is C13H20N2O2. The molecule has 0 radical (unpaired) electrons. The molecule has 1 aliphatic rings. The number of rotatable bonds is 4. The maximum atomic E-state index is 5.81. The van der Waals surface area contributed by atoms with Gasteiger partial charge in [-0.25, -0.2) is 0 Å². The highest BCUT2D eigenvalue weighted by molar-refractivity contribution is 5.51. The van der Waals surface area contributed by atoms with E-state index in [1.807, 2.05) is 18.2 Å². The minimum atomic E-state index is 0.603. The molecule has 0 aliphatic carbocycles. The van der Waals surface area contributed by atoms with Crippen LogP contribution < -0.4 is 15.2 Å². The van der Waals surface area contributed by atoms with E-state index < -0.39 is 0 Å². The first-order chi connectivity index (χ1) is 8.19. The second-order valence-electron chi connectivity index (χ2n) is 4.64. The van der Waals surface area contributed by atoms with Crippen molar-refractivity contribution in [3.8, 4) is 11.5 Å². The summed E-state index contributed by atoms with van der Waals surface area (Å²) in [5, 5.41) is 0. The second-order valence-corrected chi connectivity index (χ2v) is 4.64. The van der Waals surface area contributed by atoms with E-state index in [0.717, 1.165) is 31.2 Å². The molecule has 1 atom stereocenters. The normalized spacial score (nSPS) is 20.5. The summed E-state index contributed by atoms with van der Waals surface area (Å²) >= 11 is 0. The van der Waals surface area contributed by atoms with Gasteiger partial charge in [-0.3, -0.25) is 0 Å². The molecule has 2 rings (SSSR count). The number of anilines is 1. The van der Waals surface area contributed by atoms with Crippen LogP contribution in [-0.4, -0.2) is 38.8 Å². The maximum absolute atomic E-state index is 5.81. The van der Waals surface area contributed by atoms with Crippen LogP contribution in [0.2, 0.25) is 0 Å². The topological polar surface area (TPSA) is 47.7 Å². The predicted molar refractivity (Wildman–Crippen MR) is 68.5 cm³/mol. The summed E-state index contributed by atoms with van der Waals surface area (Å²) in [6.45, 7) is 2.98. The third kappa shape index (κ3) is 3.03. The van der Waals surface area contributed by atoms with Gasteiger partial charge in [-0.2, -0.15) is 0 Å². The molecule has 1 aromatic carbocycles. The lowest BCUT2D eigenvalue weighted by Gasteiger charge is -2.14. The Bertz CT molecular complexity index is 382. The maximum Gasteiger partial charge on any atom is 0.163 e. The monoisotopic (exact) mass is 236 g/mol. The fourth-order valence-corrected chi connectivity index (χ4v) is 2.18. The molecule has 0 spiro atoms. The van der Waals surface area contributed by atoms with E-state index in [0.29, 0.717) is 11.6 Å². The average molecular weight is 236 g/mol. The smallest absolute Gasteiger partial charge is 0.163 e. The third-order valence-corrected chi connectivity index (χ3v) is 3.15. The van der Waals surface area contributed by atoms with Gasteiger partial charge in [0.05, 0.1) is 13.7 Å². The molecule has 17 heavy (non-hydrogen) atoms. The molecule has 1 aliphatic heterocycles. The Labute approximate surface area is 102 Å². The van der Waals surface area contributed by atoms with Gasteiger partial charge in [0, 0.05) is 24.2 Å². The summed E-state index contributed by atoms with van der Waals surface area (Å²) in [5.41, 5.74) is 6.44. The highest BCUT2D eigenvalue weighted by Crippen LogP contribution is 2.30. The fraction of sp³-hybridized carbons (Fsp3) is 0.538. The van der Waals surface area contributed by atoms with Gasteiger partial charge in [-0.1, -0.05) is 0 Å². The van der Waals surface area contributed by atoms with Gasteiger partial charge < -0.3 is 20.1 Å². The van der Waals surface area contributed by atoms with Gasteiger partial charge in [-0.15, -0.1) is 0 Å². The first-order valence-electron chi connectivity index (χ1n) is 5.94. The van der Waals surface area contributed by atoms with Crippen LogP contribution in [0.1, 0.15) is 6.42 Å². The van der Waals surface area contributed by atoms with E-state index in [2.05, 4.69) is 11.9 Å². The Morgan fingerprint density at radius 2 is 2.24 bits per heavy atom. The molecular weight excluding hydrogens is 216 g/mol. The van der Waals surface area contributed by atoms with Gasteiger partial charge in [-0.05, 0) is 32.1 Å². The van der Waals surface area contributed by atoms with Crippen LogP contribution >= 0.6 is 0 Å². The van der Waals surface area contributed by atoms with Crippen molar-refractivity contribution in [1.29, 1.82) is 0 Å². The van der Waals surface area contributed by atoms with Crippen molar-refractivity contribution in [2.45, 2.75) is 6.42 Å². The Morgan fingerprint density at radius 3 is 2.88 bits per heavy atom. The zero-order valence-electron chi connectivity index (χ0n) is 10.5. The average Bonchev–Trinajstić information content (AvgIpc) is 2.73. The van der Waals surface area contributed by atoms with Crippen LogP contribution in [0.5, 0.6) is 11.5 Å². The number of hydrogen-bond acceptors (Lipinski definition) is 4. The highest BCUT2D eigenvalue weighted by Gasteiger charge is 2.20. The largest absolute Gasteiger partial charge is 0.493 e. The summed E-state index contributed by atoms with van der Waals surface area (Å²) in [6, 6.07) is 5.47. The lowest BCUT2D eigenvalue weighted by molar-refractivity contribution is 0.238. The van der Waals surface area contributed by atoms with E-state index in [1.54, 1.807) is 7.11 Å². The first-order valence-corrected chi connectivity index (χ1v) is 5.94.